The molecule has 66 heavy (non-hydrogen) atoms. The number of rotatable bonds is 46. The van der Waals surface area contributed by atoms with Crippen molar-refractivity contribution in [3.05, 3.63) is 23.3 Å². The molecule has 1 aromatic rings. The zero-order valence-corrected chi connectivity index (χ0v) is 42.2. The van der Waals surface area contributed by atoms with Gasteiger partial charge in [-0.3, -0.25) is 19.2 Å². The van der Waals surface area contributed by atoms with E-state index in [0.717, 1.165) is 103 Å². The van der Waals surface area contributed by atoms with Crippen LogP contribution < -0.4 is 0 Å². The normalized spacial score (nSPS) is 12.2. The largest absolute Gasteiger partial charge is 0.508 e. The molecule has 2 N–H and O–H groups in total. The molecule has 0 bridgehead atoms. The Balaban J connectivity index is 3.16. The van der Waals surface area contributed by atoms with Crippen molar-refractivity contribution in [2.75, 3.05) is 39.6 Å². The number of carbonyl (C=O) groups is 4. The summed E-state index contributed by atoms with van der Waals surface area (Å²) < 4.78 is 34.7. The summed E-state index contributed by atoms with van der Waals surface area (Å²) in [6.45, 7) is 8.22. The second kappa shape index (κ2) is 42.9. The SMILES string of the molecule is CCCCCCCCCC(=O)OCCOCC(OC(=O)CCCCCCCCC)c1c(O)ccc(O)c1C(COCCOC(=O)CCCCCCCCC)OC(=O)CCCCCCCCC. The molecule has 0 spiro atoms. The van der Waals surface area contributed by atoms with Crippen LogP contribution in [-0.4, -0.2) is 73.7 Å². The Morgan fingerprint density at radius 3 is 0.924 bits per heavy atom. The number of carbonyl (C=O) groups excluding carboxylic acids is 4. The molecule has 0 aliphatic carbocycles. The number of hydrogen-bond donors (Lipinski definition) is 2. The molecule has 12 heteroatoms. The number of ether oxygens (including phenoxy) is 6. The zero-order chi connectivity index (χ0) is 48.3. The van der Waals surface area contributed by atoms with Crippen molar-refractivity contribution in [2.24, 2.45) is 0 Å². The molecule has 0 amide bonds. The highest BCUT2D eigenvalue weighted by atomic mass is 16.6. The predicted octanol–water partition coefficient (Wildman–Crippen LogP) is 13.9. The maximum absolute atomic E-state index is 13.4. The molecule has 0 aliphatic rings. The highest BCUT2D eigenvalue weighted by Gasteiger charge is 2.32. The van der Waals surface area contributed by atoms with Crippen molar-refractivity contribution < 1.29 is 57.8 Å². The quantitative estimate of drug-likeness (QED) is 0.0276. The summed E-state index contributed by atoms with van der Waals surface area (Å²) in [7, 11) is 0. The van der Waals surface area contributed by atoms with E-state index < -0.39 is 24.1 Å². The van der Waals surface area contributed by atoms with Gasteiger partial charge in [0.1, 0.15) is 24.7 Å². The van der Waals surface area contributed by atoms with Crippen molar-refractivity contribution in [1.29, 1.82) is 0 Å². The smallest absolute Gasteiger partial charge is 0.306 e. The molecule has 0 saturated carbocycles. The summed E-state index contributed by atoms with van der Waals surface area (Å²) in [5.74, 6) is -2.21. The molecule has 0 heterocycles. The molecule has 2 unspecified atom stereocenters. The second-order valence-corrected chi connectivity index (χ2v) is 18.0. The van der Waals surface area contributed by atoms with E-state index in [2.05, 4.69) is 27.7 Å². The molecular formula is C54H94O12. The van der Waals surface area contributed by atoms with E-state index in [1.54, 1.807) is 0 Å². The number of aromatic hydroxyl groups is 2. The first-order chi connectivity index (χ1) is 32.2. The van der Waals surface area contributed by atoms with Crippen LogP contribution in [-0.2, 0) is 47.6 Å². The van der Waals surface area contributed by atoms with E-state index in [1.807, 2.05) is 0 Å². The average molecular weight is 935 g/mol. The third-order valence-electron chi connectivity index (χ3n) is 11.9. The molecule has 2 atom stereocenters. The van der Waals surface area contributed by atoms with Gasteiger partial charge in [-0.15, -0.1) is 0 Å². The Bertz CT molecular complexity index is 1270. The minimum absolute atomic E-state index is 0.00112. The van der Waals surface area contributed by atoms with Crippen molar-refractivity contribution >= 4 is 23.9 Å². The molecule has 1 rings (SSSR count). The number of benzene rings is 1. The first kappa shape index (κ1) is 60.6. The highest BCUT2D eigenvalue weighted by molar-refractivity contribution is 5.71. The topological polar surface area (TPSA) is 164 Å². The summed E-state index contributed by atoms with van der Waals surface area (Å²) in [5, 5.41) is 22.9. The predicted molar refractivity (Wildman–Crippen MR) is 261 cm³/mol. The van der Waals surface area contributed by atoms with Crippen LogP contribution in [0.4, 0.5) is 0 Å². The van der Waals surface area contributed by atoms with Crippen molar-refractivity contribution in [2.45, 2.75) is 245 Å². The molecule has 0 aromatic heterocycles. The number of esters is 4. The van der Waals surface area contributed by atoms with Crippen molar-refractivity contribution in [1.82, 2.24) is 0 Å². The fourth-order valence-corrected chi connectivity index (χ4v) is 7.94. The minimum atomic E-state index is -1.22. The van der Waals surface area contributed by atoms with E-state index in [4.69, 9.17) is 28.4 Å². The molecule has 382 valence electrons. The summed E-state index contributed by atoms with van der Waals surface area (Å²) in [6.07, 6.45) is 28.0. The maximum atomic E-state index is 13.4. The van der Waals surface area contributed by atoms with E-state index in [0.29, 0.717) is 25.7 Å². The van der Waals surface area contributed by atoms with Crippen LogP contribution in [0.5, 0.6) is 11.5 Å². The lowest BCUT2D eigenvalue weighted by Gasteiger charge is -2.27. The van der Waals surface area contributed by atoms with Gasteiger partial charge in [-0.1, -0.05) is 182 Å². The van der Waals surface area contributed by atoms with Gasteiger partial charge >= 0.3 is 23.9 Å². The Labute approximate surface area is 400 Å². The van der Waals surface area contributed by atoms with E-state index in [-0.39, 0.29) is 87.0 Å². The van der Waals surface area contributed by atoms with Gasteiger partial charge in [0, 0.05) is 36.8 Å². The van der Waals surface area contributed by atoms with Crippen LogP contribution in [0.1, 0.15) is 256 Å². The van der Waals surface area contributed by atoms with Gasteiger partial charge in [0.2, 0.25) is 0 Å². The van der Waals surface area contributed by atoms with E-state index in [1.165, 1.54) is 76.3 Å². The molecule has 0 fully saturated rings. The zero-order valence-electron chi connectivity index (χ0n) is 42.2. The summed E-state index contributed by atoms with van der Waals surface area (Å²) >= 11 is 0. The fourth-order valence-electron chi connectivity index (χ4n) is 7.94. The lowest BCUT2D eigenvalue weighted by molar-refractivity contribution is -0.157. The van der Waals surface area contributed by atoms with Gasteiger partial charge in [-0.25, -0.2) is 0 Å². The van der Waals surface area contributed by atoms with Crippen LogP contribution in [0, 0.1) is 0 Å². The Morgan fingerprint density at radius 1 is 0.379 bits per heavy atom. The highest BCUT2D eigenvalue weighted by Crippen LogP contribution is 2.41. The second-order valence-electron chi connectivity index (χ2n) is 18.0. The Morgan fingerprint density at radius 2 is 0.636 bits per heavy atom. The van der Waals surface area contributed by atoms with Gasteiger partial charge in [-0.05, 0) is 37.8 Å². The summed E-state index contributed by atoms with van der Waals surface area (Å²) in [6, 6.07) is 2.58. The van der Waals surface area contributed by atoms with Gasteiger partial charge in [-0.2, -0.15) is 0 Å². The minimum Gasteiger partial charge on any atom is -0.508 e. The first-order valence-electron chi connectivity index (χ1n) is 26.6. The van der Waals surface area contributed by atoms with Crippen molar-refractivity contribution in [3.63, 3.8) is 0 Å². The number of phenolic OH excluding ortho intramolecular Hbond substituents is 2. The standard InChI is InChI=1S/C54H94O12/c1-5-9-13-17-21-25-29-33-49(57)63-41-39-61-43-47(65-51(59)35-31-27-23-19-15-11-7-3)53-45(55)37-38-46(56)54(53)48(66-52(60)36-32-28-24-20-16-12-8-4)44-62-40-42-64-50(58)34-30-26-22-18-14-10-6-2/h37-38,47-48,55-56H,5-36,39-44H2,1-4H3. The molecule has 12 nitrogen and oxygen atoms in total. The van der Waals surface area contributed by atoms with E-state index >= 15 is 0 Å². The third-order valence-corrected chi connectivity index (χ3v) is 11.9. The van der Waals surface area contributed by atoms with Gasteiger partial charge in [0.15, 0.2) is 12.2 Å². The van der Waals surface area contributed by atoms with Crippen LogP contribution in [0.15, 0.2) is 12.1 Å². The lowest BCUT2D eigenvalue weighted by Crippen LogP contribution is -2.24. The van der Waals surface area contributed by atoms with Gasteiger partial charge < -0.3 is 38.6 Å². The number of hydrogen-bond acceptors (Lipinski definition) is 12. The Hall–Kier alpha value is -3.38. The Kier molecular flexibility index (Phi) is 39.4. The van der Waals surface area contributed by atoms with Crippen LogP contribution in [0.25, 0.3) is 0 Å². The average Bonchev–Trinajstić information content (AvgIpc) is 3.30. The molecule has 0 aliphatic heterocycles. The maximum Gasteiger partial charge on any atom is 0.306 e. The molecule has 0 radical (unpaired) electrons. The monoisotopic (exact) mass is 935 g/mol. The first-order valence-corrected chi connectivity index (χ1v) is 26.6. The molecule has 0 saturated heterocycles. The molecular weight excluding hydrogens is 841 g/mol. The lowest BCUT2D eigenvalue weighted by atomic mass is 9.95. The fraction of sp³-hybridized carbons (Fsp3) is 0.815. The van der Waals surface area contributed by atoms with Gasteiger partial charge in [0.05, 0.1) is 26.4 Å². The van der Waals surface area contributed by atoms with E-state index in [9.17, 15) is 29.4 Å². The molecule has 1 aromatic carbocycles. The van der Waals surface area contributed by atoms with Crippen LogP contribution in [0.2, 0.25) is 0 Å². The van der Waals surface area contributed by atoms with Crippen LogP contribution >= 0.6 is 0 Å². The number of phenols is 2. The number of unbranched alkanes of at least 4 members (excludes halogenated alkanes) is 24. The summed E-state index contributed by atoms with van der Waals surface area (Å²) in [5.41, 5.74) is 0.0505. The summed E-state index contributed by atoms with van der Waals surface area (Å²) in [4.78, 5) is 51.7. The van der Waals surface area contributed by atoms with Crippen LogP contribution in [0.3, 0.4) is 0 Å². The van der Waals surface area contributed by atoms with Gasteiger partial charge in [0.25, 0.3) is 0 Å². The van der Waals surface area contributed by atoms with Crippen molar-refractivity contribution in [3.8, 4) is 11.5 Å². The third kappa shape index (κ3) is 32.3.